The van der Waals surface area contributed by atoms with Crippen LogP contribution in [0.5, 0.6) is 0 Å². The normalized spacial score (nSPS) is 27.8. The lowest BCUT2D eigenvalue weighted by atomic mass is 9.84. The predicted octanol–water partition coefficient (Wildman–Crippen LogP) is 3.89. The number of hydrogen-bond donors (Lipinski definition) is 1. The maximum absolute atomic E-state index is 3.81. The van der Waals surface area contributed by atoms with E-state index >= 15 is 0 Å². The molecule has 1 saturated carbocycles. The molecular formula is C18H27IN2. The van der Waals surface area contributed by atoms with Crippen LogP contribution in [0.15, 0.2) is 24.3 Å². The van der Waals surface area contributed by atoms with Gasteiger partial charge in [0.25, 0.3) is 0 Å². The summed E-state index contributed by atoms with van der Waals surface area (Å²) in [5, 5.41) is 3.81. The average Bonchev–Trinajstić information content (AvgIpc) is 3.25. The van der Waals surface area contributed by atoms with Crippen molar-refractivity contribution in [3.63, 3.8) is 0 Å². The molecule has 2 unspecified atom stereocenters. The maximum Gasteiger partial charge on any atom is 0.0253 e. The Morgan fingerprint density at radius 2 is 1.86 bits per heavy atom. The van der Waals surface area contributed by atoms with Crippen molar-refractivity contribution in [1.29, 1.82) is 0 Å². The number of hydrogen-bond acceptors (Lipinski definition) is 2. The van der Waals surface area contributed by atoms with Gasteiger partial charge in [0, 0.05) is 35.3 Å². The van der Waals surface area contributed by atoms with Gasteiger partial charge in [0.15, 0.2) is 0 Å². The second-order valence-electron chi connectivity index (χ2n) is 7.79. The van der Waals surface area contributed by atoms with E-state index in [2.05, 4.69) is 77.8 Å². The molecule has 21 heavy (non-hydrogen) atoms. The molecule has 3 heteroatoms. The van der Waals surface area contributed by atoms with E-state index in [0.29, 0.717) is 11.5 Å². The molecule has 0 spiro atoms. The first-order valence-electron chi connectivity index (χ1n) is 8.15. The Bertz CT molecular complexity index is 473. The molecule has 1 saturated heterocycles. The SMILES string of the molecule is CC(C)(C)C1CN(Cc2ccc(I)cc2)C(C2CC2)CN1. The summed E-state index contributed by atoms with van der Waals surface area (Å²) in [6, 6.07) is 10.4. The molecule has 2 fully saturated rings. The van der Waals surface area contributed by atoms with Gasteiger partial charge in [-0.25, -0.2) is 0 Å². The molecule has 0 amide bonds. The lowest BCUT2D eigenvalue weighted by Gasteiger charge is -2.45. The minimum absolute atomic E-state index is 0.332. The fraction of sp³-hybridized carbons (Fsp3) is 0.667. The second kappa shape index (κ2) is 6.17. The van der Waals surface area contributed by atoms with Crippen molar-refractivity contribution < 1.29 is 0 Å². The average molecular weight is 398 g/mol. The second-order valence-corrected chi connectivity index (χ2v) is 9.03. The zero-order valence-corrected chi connectivity index (χ0v) is 15.6. The van der Waals surface area contributed by atoms with E-state index in [1.165, 1.54) is 28.5 Å². The smallest absolute Gasteiger partial charge is 0.0253 e. The fourth-order valence-corrected chi connectivity index (χ4v) is 3.72. The summed E-state index contributed by atoms with van der Waals surface area (Å²) in [5.74, 6) is 0.933. The van der Waals surface area contributed by atoms with Crippen LogP contribution < -0.4 is 5.32 Å². The van der Waals surface area contributed by atoms with Crippen LogP contribution in [0.25, 0.3) is 0 Å². The van der Waals surface area contributed by atoms with E-state index in [1.807, 2.05) is 0 Å². The van der Waals surface area contributed by atoms with E-state index in [0.717, 1.165) is 25.0 Å². The first-order chi connectivity index (χ1) is 9.93. The summed E-state index contributed by atoms with van der Waals surface area (Å²) in [7, 11) is 0. The Labute approximate surface area is 142 Å². The predicted molar refractivity (Wildman–Crippen MR) is 97.3 cm³/mol. The first kappa shape index (κ1) is 15.8. The van der Waals surface area contributed by atoms with E-state index in [-0.39, 0.29) is 0 Å². The van der Waals surface area contributed by atoms with Gasteiger partial charge in [-0.3, -0.25) is 4.90 Å². The monoisotopic (exact) mass is 398 g/mol. The number of benzene rings is 1. The van der Waals surface area contributed by atoms with Gasteiger partial charge in [-0.05, 0) is 64.5 Å². The standard InChI is InChI=1S/C18H27IN2/c1-18(2,3)17-12-21(16(10-20-17)14-6-7-14)11-13-4-8-15(19)9-5-13/h4-5,8-9,14,16-17,20H,6-7,10-12H2,1-3H3. The van der Waals surface area contributed by atoms with Crippen LogP contribution in [0.2, 0.25) is 0 Å². The highest BCUT2D eigenvalue weighted by Crippen LogP contribution is 2.38. The highest BCUT2D eigenvalue weighted by molar-refractivity contribution is 14.1. The molecule has 0 radical (unpaired) electrons. The molecule has 0 aromatic heterocycles. The zero-order chi connectivity index (χ0) is 15.0. The van der Waals surface area contributed by atoms with Crippen LogP contribution in [0.1, 0.15) is 39.2 Å². The van der Waals surface area contributed by atoms with Crippen molar-refractivity contribution in [3.8, 4) is 0 Å². The van der Waals surface area contributed by atoms with Crippen molar-refractivity contribution in [2.24, 2.45) is 11.3 Å². The Kier molecular flexibility index (Phi) is 4.63. The third-order valence-corrected chi connectivity index (χ3v) is 5.69. The van der Waals surface area contributed by atoms with Crippen molar-refractivity contribution in [3.05, 3.63) is 33.4 Å². The number of nitrogens with zero attached hydrogens (tertiary/aromatic N) is 1. The van der Waals surface area contributed by atoms with Crippen molar-refractivity contribution in [2.75, 3.05) is 13.1 Å². The summed E-state index contributed by atoms with van der Waals surface area (Å²) < 4.78 is 1.32. The lowest BCUT2D eigenvalue weighted by molar-refractivity contribution is 0.0689. The third kappa shape index (κ3) is 3.99. The molecule has 2 atom stereocenters. The van der Waals surface area contributed by atoms with Crippen molar-refractivity contribution >= 4 is 22.6 Å². The van der Waals surface area contributed by atoms with Gasteiger partial charge in [-0.15, -0.1) is 0 Å². The summed E-state index contributed by atoms with van der Waals surface area (Å²) >= 11 is 2.38. The Morgan fingerprint density at radius 1 is 1.19 bits per heavy atom. The fourth-order valence-electron chi connectivity index (χ4n) is 3.36. The van der Waals surface area contributed by atoms with Crippen LogP contribution in [-0.2, 0) is 6.54 Å². The van der Waals surface area contributed by atoms with Gasteiger partial charge in [-0.2, -0.15) is 0 Å². The van der Waals surface area contributed by atoms with Crippen LogP contribution in [0, 0.1) is 14.9 Å². The quantitative estimate of drug-likeness (QED) is 0.778. The molecule has 116 valence electrons. The zero-order valence-electron chi connectivity index (χ0n) is 13.4. The van der Waals surface area contributed by atoms with Crippen LogP contribution in [0.3, 0.4) is 0 Å². The van der Waals surface area contributed by atoms with Crippen LogP contribution >= 0.6 is 22.6 Å². The molecule has 3 rings (SSSR count). The topological polar surface area (TPSA) is 15.3 Å². The number of rotatable bonds is 3. The molecule has 1 aromatic carbocycles. The minimum atomic E-state index is 0.332. The molecule has 1 aliphatic heterocycles. The molecule has 1 heterocycles. The molecule has 1 N–H and O–H groups in total. The van der Waals surface area contributed by atoms with Crippen LogP contribution in [-0.4, -0.2) is 30.1 Å². The van der Waals surface area contributed by atoms with Crippen molar-refractivity contribution in [1.82, 2.24) is 10.2 Å². The summed E-state index contributed by atoms with van der Waals surface area (Å²) in [6.45, 7) is 10.5. The Balaban J connectivity index is 1.72. The van der Waals surface area contributed by atoms with Crippen molar-refractivity contribution in [2.45, 2.75) is 52.2 Å². The molecule has 2 aliphatic rings. The number of piperazine rings is 1. The molecule has 1 aliphatic carbocycles. The van der Waals surface area contributed by atoms with E-state index in [4.69, 9.17) is 0 Å². The van der Waals surface area contributed by atoms with E-state index in [9.17, 15) is 0 Å². The van der Waals surface area contributed by atoms with Gasteiger partial charge in [0.2, 0.25) is 0 Å². The first-order valence-corrected chi connectivity index (χ1v) is 9.23. The highest BCUT2D eigenvalue weighted by atomic mass is 127. The maximum atomic E-state index is 3.81. The van der Waals surface area contributed by atoms with Gasteiger partial charge >= 0.3 is 0 Å². The largest absolute Gasteiger partial charge is 0.311 e. The molecule has 2 nitrogen and oxygen atoms in total. The number of nitrogens with one attached hydrogen (secondary N) is 1. The van der Waals surface area contributed by atoms with E-state index in [1.54, 1.807) is 0 Å². The van der Waals surface area contributed by atoms with E-state index < -0.39 is 0 Å². The Hall–Kier alpha value is -0.130. The van der Waals surface area contributed by atoms with Gasteiger partial charge in [-0.1, -0.05) is 32.9 Å². The highest BCUT2D eigenvalue weighted by Gasteiger charge is 2.40. The molecule has 0 bridgehead atoms. The lowest BCUT2D eigenvalue weighted by Crippen LogP contribution is -2.60. The Morgan fingerprint density at radius 3 is 2.43 bits per heavy atom. The third-order valence-electron chi connectivity index (χ3n) is 4.97. The minimum Gasteiger partial charge on any atom is -0.311 e. The summed E-state index contributed by atoms with van der Waals surface area (Å²) in [5.41, 5.74) is 1.79. The number of halogens is 1. The summed E-state index contributed by atoms with van der Waals surface area (Å²) in [4.78, 5) is 2.74. The van der Waals surface area contributed by atoms with Gasteiger partial charge in [0.05, 0.1) is 0 Å². The van der Waals surface area contributed by atoms with Crippen LogP contribution in [0.4, 0.5) is 0 Å². The van der Waals surface area contributed by atoms with Gasteiger partial charge < -0.3 is 5.32 Å². The van der Waals surface area contributed by atoms with Gasteiger partial charge in [0.1, 0.15) is 0 Å². The molecule has 1 aromatic rings. The summed E-state index contributed by atoms with van der Waals surface area (Å²) in [6.07, 6.45) is 2.85. The molecular weight excluding hydrogens is 371 g/mol.